The molecule has 0 radical (unpaired) electrons. The maximum absolute atomic E-state index is 13.6. The summed E-state index contributed by atoms with van der Waals surface area (Å²) in [5.41, 5.74) is 0.500. The van der Waals surface area contributed by atoms with E-state index in [-0.39, 0.29) is 21.5 Å². The van der Waals surface area contributed by atoms with Crippen molar-refractivity contribution >= 4 is 38.6 Å². The second kappa shape index (κ2) is 5.69. The Morgan fingerprint density at radius 3 is 2.65 bits per heavy atom. The van der Waals surface area contributed by atoms with Gasteiger partial charge in [0, 0.05) is 9.90 Å². The molecule has 8 heteroatoms. The van der Waals surface area contributed by atoms with Crippen molar-refractivity contribution in [3.63, 3.8) is 0 Å². The third kappa shape index (κ3) is 3.12. The predicted octanol–water partition coefficient (Wildman–Crippen LogP) is 3.14. The quantitative estimate of drug-likeness (QED) is 0.902. The average molecular weight is 336 g/mol. The predicted molar refractivity (Wildman–Crippen MR) is 77.2 cm³/mol. The topological polar surface area (TPSA) is 66.4 Å². The van der Waals surface area contributed by atoms with Crippen LogP contribution >= 0.6 is 22.9 Å². The standard InChI is InChI=1S/C12H11ClFNO3S2/c1-7-4-12(19-11(7)6-16)20(17,18)15-10-3-2-8(13)5-9(10)14/h2-5,15-16H,6H2,1H3. The lowest BCUT2D eigenvalue weighted by Gasteiger charge is -2.07. The van der Waals surface area contributed by atoms with Crippen LogP contribution in [0.4, 0.5) is 10.1 Å². The highest BCUT2D eigenvalue weighted by Gasteiger charge is 2.20. The van der Waals surface area contributed by atoms with E-state index in [0.29, 0.717) is 10.4 Å². The largest absolute Gasteiger partial charge is 0.391 e. The van der Waals surface area contributed by atoms with Crippen molar-refractivity contribution in [3.8, 4) is 0 Å². The molecule has 2 aromatic rings. The van der Waals surface area contributed by atoms with Gasteiger partial charge in [-0.3, -0.25) is 4.72 Å². The van der Waals surface area contributed by atoms with Gasteiger partial charge in [0.05, 0.1) is 12.3 Å². The van der Waals surface area contributed by atoms with E-state index < -0.39 is 15.8 Å². The van der Waals surface area contributed by atoms with E-state index in [1.54, 1.807) is 6.92 Å². The molecule has 0 saturated carbocycles. The Bertz CT molecular complexity index is 743. The number of hydrogen-bond acceptors (Lipinski definition) is 4. The van der Waals surface area contributed by atoms with Crippen molar-refractivity contribution in [2.24, 2.45) is 0 Å². The molecule has 108 valence electrons. The van der Waals surface area contributed by atoms with Gasteiger partial charge in [-0.05, 0) is 36.8 Å². The summed E-state index contributed by atoms with van der Waals surface area (Å²) >= 11 is 6.55. The van der Waals surface area contributed by atoms with Crippen LogP contribution in [0.25, 0.3) is 0 Å². The lowest BCUT2D eigenvalue weighted by atomic mass is 10.3. The molecule has 1 aromatic heterocycles. The molecule has 0 spiro atoms. The summed E-state index contributed by atoms with van der Waals surface area (Å²) < 4.78 is 40.1. The van der Waals surface area contributed by atoms with Crippen LogP contribution in [0.1, 0.15) is 10.4 Å². The number of nitrogens with one attached hydrogen (secondary N) is 1. The number of thiophene rings is 1. The third-order valence-corrected chi connectivity index (χ3v) is 5.88. The fraction of sp³-hybridized carbons (Fsp3) is 0.167. The Balaban J connectivity index is 2.35. The number of benzene rings is 1. The molecule has 1 heterocycles. The molecule has 0 aliphatic rings. The first-order valence-electron chi connectivity index (χ1n) is 5.51. The van der Waals surface area contributed by atoms with Gasteiger partial charge in [0.15, 0.2) is 0 Å². The smallest absolute Gasteiger partial charge is 0.271 e. The number of sulfonamides is 1. The monoisotopic (exact) mass is 335 g/mol. The number of aliphatic hydroxyl groups excluding tert-OH is 1. The molecule has 0 bridgehead atoms. The Morgan fingerprint density at radius 2 is 2.10 bits per heavy atom. The second-order valence-corrected chi connectivity index (χ2v) is 7.54. The first-order chi connectivity index (χ1) is 9.33. The lowest BCUT2D eigenvalue weighted by molar-refractivity contribution is 0.285. The van der Waals surface area contributed by atoms with Crippen LogP contribution in [0.2, 0.25) is 5.02 Å². The summed E-state index contributed by atoms with van der Waals surface area (Å²) in [5, 5.41) is 9.26. The summed E-state index contributed by atoms with van der Waals surface area (Å²) in [4.78, 5) is 0.557. The number of halogens is 2. The summed E-state index contributed by atoms with van der Waals surface area (Å²) in [6.07, 6.45) is 0. The Morgan fingerprint density at radius 1 is 1.40 bits per heavy atom. The van der Waals surface area contributed by atoms with E-state index in [2.05, 4.69) is 4.72 Å². The molecule has 0 amide bonds. The number of hydrogen-bond donors (Lipinski definition) is 2. The van der Waals surface area contributed by atoms with Crippen LogP contribution in [0, 0.1) is 12.7 Å². The number of rotatable bonds is 4. The summed E-state index contributed by atoms with van der Waals surface area (Å²) in [6.45, 7) is 1.46. The Labute approximate surface area is 124 Å². The summed E-state index contributed by atoms with van der Waals surface area (Å²) in [7, 11) is -3.89. The van der Waals surface area contributed by atoms with Gasteiger partial charge in [0.2, 0.25) is 0 Å². The van der Waals surface area contributed by atoms with Crippen molar-refractivity contribution in [2.75, 3.05) is 4.72 Å². The van der Waals surface area contributed by atoms with Gasteiger partial charge in [-0.25, -0.2) is 12.8 Å². The van der Waals surface area contributed by atoms with Crippen LogP contribution in [0.3, 0.4) is 0 Å². The molecular formula is C12H11ClFNO3S2. The lowest BCUT2D eigenvalue weighted by Crippen LogP contribution is -2.12. The van der Waals surface area contributed by atoms with Crippen LogP contribution in [-0.4, -0.2) is 13.5 Å². The minimum absolute atomic E-state index is 0.0217. The van der Waals surface area contributed by atoms with Crippen LogP contribution in [0.5, 0.6) is 0 Å². The molecule has 4 nitrogen and oxygen atoms in total. The van der Waals surface area contributed by atoms with E-state index in [0.717, 1.165) is 17.4 Å². The van der Waals surface area contributed by atoms with Gasteiger partial charge in [-0.2, -0.15) is 0 Å². The number of anilines is 1. The zero-order chi connectivity index (χ0) is 14.9. The Kier molecular flexibility index (Phi) is 4.33. The van der Waals surface area contributed by atoms with E-state index in [1.165, 1.54) is 18.2 Å². The second-order valence-electron chi connectivity index (χ2n) is 4.06. The number of aryl methyl sites for hydroxylation is 1. The first-order valence-corrected chi connectivity index (χ1v) is 8.19. The van der Waals surface area contributed by atoms with E-state index in [9.17, 15) is 12.8 Å². The molecular weight excluding hydrogens is 325 g/mol. The average Bonchev–Trinajstić information content (AvgIpc) is 2.75. The van der Waals surface area contributed by atoms with Gasteiger partial charge in [-0.1, -0.05) is 11.6 Å². The van der Waals surface area contributed by atoms with Crippen molar-refractivity contribution in [3.05, 3.63) is 45.5 Å². The van der Waals surface area contributed by atoms with Crippen molar-refractivity contribution in [1.82, 2.24) is 0 Å². The van der Waals surface area contributed by atoms with Gasteiger partial charge in [-0.15, -0.1) is 11.3 Å². The fourth-order valence-corrected chi connectivity index (χ4v) is 4.22. The highest BCUT2D eigenvalue weighted by Crippen LogP contribution is 2.28. The van der Waals surface area contributed by atoms with Crippen LogP contribution in [-0.2, 0) is 16.6 Å². The normalized spacial score (nSPS) is 11.6. The molecule has 0 atom stereocenters. The van der Waals surface area contributed by atoms with Crippen molar-refractivity contribution in [1.29, 1.82) is 0 Å². The van der Waals surface area contributed by atoms with Gasteiger partial charge < -0.3 is 5.11 Å². The van der Waals surface area contributed by atoms with Crippen LogP contribution in [0.15, 0.2) is 28.5 Å². The van der Waals surface area contributed by atoms with E-state index in [4.69, 9.17) is 16.7 Å². The van der Waals surface area contributed by atoms with Gasteiger partial charge >= 0.3 is 0 Å². The highest BCUT2D eigenvalue weighted by atomic mass is 35.5. The zero-order valence-corrected chi connectivity index (χ0v) is 12.7. The maximum Gasteiger partial charge on any atom is 0.271 e. The molecule has 1 aromatic carbocycles. The van der Waals surface area contributed by atoms with E-state index in [1.807, 2.05) is 0 Å². The summed E-state index contributed by atoms with van der Waals surface area (Å²) in [5.74, 6) is -0.753. The molecule has 0 fully saturated rings. The molecule has 0 aliphatic carbocycles. The number of aliphatic hydroxyl groups is 1. The first kappa shape index (κ1) is 15.2. The van der Waals surface area contributed by atoms with E-state index >= 15 is 0 Å². The molecule has 0 aliphatic heterocycles. The highest BCUT2D eigenvalue weighted by molar-refractivity contribution is 7.94. The Hall–Kier alpha value is -1.15. The third-order valence-electron chi connectivity index (χ3n) is 2.58. The molecule has 0 unspecified atom stereocenters. The fourth-order valence-electron chi connectivity index (χ4n) is 1.55. The molecule has 0 saturated heterocycles. The minimum Gasteiger partial charge on any atom is -0.391 e. The van der Waals surface area contributed by atoms with Crippen LogP contribution < -0.4 is 4.72 Å². The van der Waals surface area contributed by atoms with Crippen molar-refractivity contribution < 1.29 is 17.9 Å². The molecule has 20 heavy (non-hydrogen) atoms. The van der Waals surface area contributed by atoms with Gasteiger partial charge in [0.1, 0.15) is 10.0 Å². The molecule has 2 N–H and O–H groups in total. The van der Waals surface area contributed by atoms with Gasteiger partial charge in [0.25, 0.3) is 10.0 Å². The van der Waals surface area contributed by atoms with Crippen molar-refractivity contribution in [2.45, 2.75) is 17.7 Å². The zero-order valence-electron chi connectivity index (χ0n) is 10.4. The SMILES string of the molecule is Cc1cc(S(=O)(=O)Nc2ccc(Cl)cc2F)sc1CO. The molecule has 2 rings (SSSR count). The summed E-state index contributed by atoms with van der Waals surface area (Å²) in [6, 6.07) is 5.11. The minimum atomic E-state index is -3.89. The maximum atomic E-state index is 13.6.